The van der Waals surface area contributed by atoms with Crippen molar-refractivity contribution in [3.8, 4) is 11.4 Å². The molecule has 0 spiro atoms. The summed E-state index contributed by atoms with van der Waals surface area (Å²) in [6.45, 7) is 4.01. The molecule has 0 aliphatic heterocycles. The number of nitrogens with zero attached hydrogens (tertiary/aromatic N) is 4. The molecule has 0 fully saturated rings. The Morgan fingerprint density at radius 2 is 1.50 bits per heavy atom. The molecule has 6 nitrogen and oxygen atoms in total. The maximum Gasteiger partial charge on any atom is 0.248 e. The molecule has 8 heteroatoms. The lowest BCUT2D eigenvalue weighted by molar-refractivity contribution is 0.630. The van der Waals surface area contributed by atoms with Gasteiger partial charge >= 0.3 is 0 Å². The number of anilines is 3. The summed E-state index contributed by atoms with van der Waals surface area (Å²) in [5.41, 5.74) is 6.86. The van der Waals surface area contributed by atoms with Gasteiger partial charge in [0.1, 0.15) is 5.82 Å². The Bertz CT molecular complexity index is 1240. The van der Waals surface area contributed by atoms with Crippen LogP contribution < -0.4 is 10.7 Å². The second-order valence-electron chi connectivity index (χ2n) is 7.17. The van der Waals surface area contributed by atoms with Crippen LogP contribution in [0.2, 0.25) is 5.02 Å². The van der Waals surface area contributed by atoms with Crippen LogP contribution in [0.15, 0.2) is 71.8 Å². The van der Waals surface area contributed by atoms with Crippen molar-refractivity contribution in [3.05, 3.63) is 94.3 Å². The van der Waals surface area contributed by atoms with E-state index in [2.05, 4.69) is 30.8 Å². The molecule has 0 amide bonds. The highest BCUT2D eigenvalue weighted by Crippen LogP contribution is 2.29. The van der Waals surface area contributed by atoms with Gasteiger partial charge in [0.2, 0.25) is 11.9 Å². The van der Waals surface area contributed by atoms with E-state index in [0.29, 0.717) is 0 Å². The van der Waals surface area contributed by atoms with E-state index in [1.165, 1.54) is 12.1 Å². The van der Waals surface area contributed by atoms with Crippen molar-refractivity contribution in [1.82, 2.24) is 15.0 Å². The van der Waals surface area contributed by atoms with Gasteiger partial charge in [-0.2, -0.15) is 20.1 Å². The molecule has 4 rings (SSSR count). The van der Waals surface area contributed by atoms with Gasteiger partial charge in [0.05, 0.1) is 16.8 Å². The fourth-order valence-corrected chi connectivity index (χ4v) is 3.14. The van der Waals surface area contributed by atoms with Crippen LogP contribution in [0.4, 0.5) is 22.0 Å². The summed E-state index contributed by atoms with van der Waals surface area (Å²) in [6.07, 6.45) is 1.64. The first-order valence-corrected chi connectivity index (χ1v) is 10.3. The Labute approximate surface area is 190 Å². The third kappa shape index (κ3) is 5.25. The molecule has 0 radical (unpaired) electrons. The number of aryl methyl sites for hydroxylation is 2. The Hall–Kier alpha value is -3.84. The topological polar surface area (TPSA) is 75.1 Å². The zero-order valence-electron chi connectivity index (χ0n) is 17.5. The molecule has 4 aromatic rings. The molecule has 0 aliphatic carbocycles. The van der Waals surface area contributed by atoms with E-state index in [4.69, 9.17) is 11.6 Å². The van der Waals surface area contributed by atoms with Crippen molar-refractivity contribution in [3.63, 3.8) is 0 Å². The van der Waals surface area contributed by atoms with Crippen LogP contribution in [-0.2, 0) is 0 Å². The number of hydrogen-bond donors (Lipinski definition) is 2. The third-order valence-electron chi connectivity index (χ3n) is 4.59. The summed E-state index contributed by atoms with van der Waals surface area (Å²) in [4.78, 5) is 13.0. The van der Waals surface area contributed by atoms with E-state index in [0.717, 1.165) is 22.4 Å². The average molecular weight is 447 g/mol. The molecule has 0 saturated carbocycles. The Morgan fingerprint density at radius 3 is 2.19 bits per heavy atom. The lowest BCUT2D eigenvalue weighted by atomic mass is 10.2. The first-order chi connectivity index (χ1) is 15.5. The highest BCUT2D eigenvalue weighted by Gasteiger charge is 2.16. The molecule has 0 bridgehead atoms. The van der Waals surface area contributed by atoms with E-state index in [1.807, 2.05) is 62.4 Å². The number of hydrazone groups is 1. The Morgan fingerprint density at radius 1 is 0.844 bits per heavy atom. The third-order valence-corrected chi connectivity index (χ3v) is 4.90. The number of halogens is 2. The lowest BCUT2D eigenvalue weighted by Crippen LogP contribution is -2.06. The normalized spacial score (nSPS) is 11.0. The van der Waals surface area contributed by atoms with E-state index in [9.17, 15) is 4.39 Å². The van der Waals surface area contributed by atoms with Crippen LogP contribution >= 0.6 is 11.6 Å². The molecule has 3 aromatic carbocycles. The van der Waals surface area contributed by atoms with Crippen molar-refractivity contribution in [1.29, 1.82) is 0 Å². The Balaban J connectivity index is 1.68. The van der Waals surface area contributed by atoms with Crippen LogP contribution in [0.5, 0.6) is 0 Å². The van der Waals surface area contributed by atoms with Gasteiger partial charge in [0.25, 0.3) is 0 Å². The van der Waals surface area contributed by atoms with E-state index in [-0.39, 0.29) is 28.3 Å². The molecule has 0 atom stereocenters. The SMILES string of the molecule is Cc1ccc(C=NNc2nc(Nc3ccc(C)cc3)nc(-c3c(F)cccc3Cl)n2)cc1. The highest BCUT2D eigenvalue weighted by atomic mass is 35.5. The predicted molar refractivity (Wildman–Crippen MR) is 127 cm³/mol. The summed E-state index contributed by atoms with van der Waals surface area (Å²) < 4.78 is 14.5. The quantitative estimate of drug-likeness (QED) is 0.275. The maximum atomic E-state index is 14.5. The van der Waals surface area contributed by atoms with Gasteiger partial charge in [-0.05, 0) is 43.7 Å². The molecule has 0 unspecified atom stereocenters. The zero-order valence-corrected chi connectivity index (χ0v) is 18.2. The smallest absolute Gasteiger partial charge is 0.248 e. The molecule has 1 heterocycles. The monoisotopic (exact) mass is 446 g/mol. The first-order valence-electron chi connectivity index (χ1n) is 9.88. The predicted octanol–water partition coefficient (Wildman–Crippen LogP) is 6.14. The van der Waals surface area contributed by atoms with Gasteiger partial charge in [0.15, 0.2) is 5.82 Å². The summed E-state index contributed by atoms with van der Waals surface area (Å²) >= 11 is 6.23. The van der Waals surface area contributed by atoms with E-state index in [1.54, 1.807) is 12.3 Å². The van der Waals surface area contributed by atoms with Crippen LogP contribution in [0, 0.1) is 19.7 Å². The van der Waals surface area contributed by atoms with Gasteiger partial charge < -0.3 is 5.32 Å². The number of rotatable bonds is 6. The van der Waals surface area contributed by atoms with Crippen LogP contribution in [-0.4, -0.2) is 21.2 Å². The highest BCUT2D eigenvalue weighted by molar-refractivity contribution is 6.33. The Kier molecular flexibility index (Phi) is 6.37. The van der Waals surface area contributed by atoms with Crippen LogP contribution in [0.25, 0.3) is 11.4 Å². The van der Waals surface area contributed by atoms with Crippen LogP contribution in [0.3, 0.4) is 0 Å². The summed E-state index contributed by atoms with van der Waals surface area (Å²) in [5.74, 6) is -0.0664. The molecule has 0 aliphatic rings. The number of benzene rings is 3. The van der Waals surface area contributed by atoms with Gasteiger partial charge in [-0.3, -0.25) is 0 Å². The molecular weight excluding hydrogens is 427 g/mol. The minimum absolute atomic E-state index is 0.0887. The van der Waals surface area contributed by atoms with Crippen LogP contribution in [0.1, 0.15) is 16.7 Å². The standard InChI is InChI=1S/C24H20ClFN6/c1-15-6-10-17(11-7-15)14-27-32-24-30-22(21-19(25)4-3-5-20(21)26)29-23(31-24)28-18-12-8-16(2)9-13-18/h3-14H,1-2H3,(H2,28,29,30,31,32). The average Bonchev–Trinajstić information content (AvgIpc) is 2.77. The molecule has 2 N–H and O–H groups in total. The molecule has 0 saturated heterocycles. The van der Waals surface area contributed by atoms with Gasteiger partial charge in [-0.25, -0.2) is 9.82 Å². The molecule has 1 aromatic heterocycles. The van der Waals surface area contributed by atoms with E-state index < -0.39 is 5.82 Å². The van der Waals surface area contributed by atoms with Crippen molar-refractivity contribution in [2.45, 2.75) is 13.8 Å². The van der Waals surface area contributed by atoms with Crippen molar-refractivity contribution >= 4 is 35.4 Å². The fourth-order valence-electron chi connectivity index (χ4n) is 2.89. The second-order valence-corrected chi connectivity index (χ2v) is 7.58. The molecule has 32 heavy (non-hydrogen) atoms. The van der Waals surface area contributed by atoms with E-state index >= 15 is 0 Å². The summed E-state index contributed by atoms with van der Waals surface area (Å²) in [6, 6.07) is 20.0. The fraction of sp³-hybridized carbons (Fsp3) is 0.0833. The number of hydrogen-bond acceptors (Lipinski definition) is 6. The van der Waals surface area contributed by atoms with Gasteiger partial charge in [0, 0.05) is 5.69 Å². The first kappa shape index (κ1) is 21.4. The van der Waals surface area contributed by atoms with Crippen molar-refractivity contribution < 1.29 is 4.39 Å². The van der Waals surface area contributed by atoms with Crippen molar-refractivity contribution in [2.24, 2.45) is 5.10 Å². The summed E-state index contributed by atoms with van der Waals surface area (Å²) in [5, 5.41) is 7.51. The maximum absolute atomic E-state index is 14.5. The molecule has 160 valence electrons. The lowest BCUT2D eigenvalue weighted by Gasteiger charge is -2.10. The van der Waals surface area contributed by atoms with Crippen molar-refractivity contribution in [2.75, 3.05) is 10.7 Å². The number of nitrogens with one attached hydrogen (secondary N) is 2. The van der Waals surface area contributed by atoms with Gasteiger partial charge in [-0.1, -0.05) is 65.2 Å². The minimum Gasteiger partial charge on any atom is -0.324 e. The number of aromatic nitrogens is 3. The summed E-state index contributed by atoms with van der Waals surface area (Å²) in [7, 11) is 0. The second kappa shape index (κ2) is 9.53. The largest absolute Gasteiger partial charge is 0.324 e. The van der Waals surface area contributed by atoms with Gasteiger partial charge in [-0.15, -0.1) is 0 Å². The zero-order chi connectivity index (χ0) is 22.5. The minimum atomic E-state index is -0.529. The molecular formula is C24H20ClFN6.